The maximum atomic E-state index is 12.2. The lowest BCUT2D eigenvalue weighted by Gasteiger charge is -2.06. The summed E-state index contributed by atoms with van der Waals surface area (Å²) < 4.78 is 5.11. The summed E-state index contributed by atoms with van der Waals surface area (Å²) in [6, 6.07) is 10.0. The average molecular weight is 370 g/mol. The Hall–Kier alpha value is -3.46. The molecule has 0 spiro atoms. The van der Waals surface area contributed by atoms with Crippen LogP contribution in [0.2, 0.25) is 0 Å². The summed E-state index contributed by atoms with van der Waals surface area (Å²) in [6.07, 6.45) is 1.15. The van der Waals surface area contributed by atoms with Crippen molar-refractivity contribution in [1.29, 1.82) is 0 Å². The molecule has 0 atom stereocenters. The Balaban J connectivity index is 1.65. The molecule has 0 fully saturated rings. The highest BCUT2D eigenvalue weighted by Gasteiger charge is 2.15. The van der Waals surface area contributed by atoms with E-state index in [9.17, 15) is 14.4 Å². The normalized spacial score (nSPS) is 10.2. The second-order valence-electron chi connectivity index (χ2n) is 5.19. The molecule has 26 heavy (non-hydrogen) atoms. The fraction of sp³-hybridized carbons (Fsp3) is 0.0588. The van der Waals surface area contributed by atoms with E-state index in [2.05, 4.69) is 20.9 Å². The highest BCUT2D eigenvalue weighted by atomic mass is 32.1. The van der Waals surface area contributed by atoms with E-state index in [0.717, 1.165) is 6.26 Å². The van der Waals surface area contributed by atoms with Gasteiger partial charge in [0.25, 0.3) is 11.8 Å². The first kappa shape index (κ1) is 17.4. The van der Waals surface area contributed by atoms with Crippen LogP contribution < -0.4 is 16.0 Å². The van der Waals surface area contributed by atoms with Crippen molar-refractivity contribution >= 4 is 46.4 Å². The van der Waals surface area contributed by atoms with Gasteiger partial charge >= 0.3 is 6.01 Å². The molecule has 132 valence electrons. The Morgan fingerprint density at radius 3 is 2.46 bits per heavy atom. The maximum absolute atomic E-state index is 12.2. The highest BCUT2D eigenvalue weighted by Crippen LogP contribution is 2.17. The number of nitrogens with zero attached hydrogens (tertiary/aromatic N) is 1. The summed E-state index contributed by atoms with van der Waals surface area (Å²) >= 11 is 1.28. The smallest absolute Gasteiger partial charge is 0.302 e. The van der Waals surface area contributed by atoms with Crippen molar-refractivity contribution < 1.29 is 18.8 Å². The molecule has 8 nitrogen and oxygen atoms in total. The third kappa shape index (κ3) is 4.33. The molecule has 0 saturated carbocycles. The van der Waals surface area contributed by atoms with Crippen LogP contribution in [-0.2, 0) is 4.79 Å². The third-order valence-electron chi connectivity index (χ3n) is 3.14. The summed E-state index contributed by atoms with van der Waals surface area (Å²) in [5, 5.41) is 9.53. The molecule has 0 unspecified atom stereocenters. The molecule has 0 aliphatic carbocycles. The monoisotopic (exact) mass is 370 g/mol. The van der Waals surface area contributed by atoms with E-state index >= 15 is 0 Å². The van der Waals surface area contributed by atoms with E-state index in [4.69, 9.17) is 4.42 Å². The number of hydrogen-bond donors (Lipinski definition) is 3. The minimum Gasteiger partial charge on any atom is -0.431 e. The number of benzene rings is 1. The van der Waals surface area contributed by atoms with E-state index < -0.39 is 5.91 Å². The van der Waals surface area contributed by atoms with Gasteiger partial charge in [-0.25, -0.2) is 0 Å². The van der Waals surface area contributed by atoms with Crippen LogP contribution in [0.4, 0.5) is 17.4 Å². The van der Waals surface area contributed by atoms with Gasteiger partial charge in [-0.2, -0.15) is 4.98 Å². The quantitative estimate of drug-likeness (QED) is 0.638. The Labute approximate surface area is 152 Å². The van der Waals surface area contributed by atoms with Gasteiger partial charge in [-0.05, 0) is 29.6 Å². The number of anilines is 3. The molecule has 0 saturated heterocycles. The van der Waals surface area contributed by atoms with Crippen molar-refractivity contribution in [2.24, 2.45) is 0 Å². The van der Waals surface area contributed by atoms with Gasteiger partial charge in [0.15, 0.2) is 5.69 Å². The SMILES string of the molecule is CC(=O)Nc1cccc(NC(=O)c2coc(NC(=O)c3cccs3)n2)c1. The Morgan fingerprint density at radius 1 is 1.00 bits per heavy atom. The molecule has 2 aromatic heterocycles. The second-order valence-corrected chi connectivity index (χ2v) is 6.13. The molecule has 0 radical (unpaired) electrons. The summed E-state index contributed by atoms with van der Waals surface area (Å²) in [6.45, 7) is 1.40. The van der Waals surface area contributed by atoms with Crippen molar-refractivity contribution in [1.82, 2.24) is 4.98 Å². The highest BCUT2D eigenvalue weighted by molar-refractivity contribution is 7.12. The lowest BCUT2D eigenvalue weighted by Crippen LogP contribution is -2.14. The van der Waals surface area contributed by atoms with Crippen LogP contribution in [0.3, 0.4) is 0 Å². The van der Waals surface area contributed by atoms with E-state index in [-0.39, 0.29) is 23.5 Å². The van der Waals surface area contributed by atoms with Crippen LogP contribution >= 0.6 is 11.3 Å². The summed E-state index contributed by atoms with van der Waals surface area (Å²) in [5.41, 5.74) is 1.05. The number of thiophene rings is 1. The van der Waals surface area contributed by atoms with Gasteiger partial charge in [0.1, 0.15) is 6.26 Å². The molecule has 2 heterocycles. The van der Waals surface area contributed by atoms with Crippen LogP contribution in [0.15, 0.2) is 52.5 Å². The van der Waals surface area contributed by atoms with Crippen molar-refractivity contribution in [3.05, 3.63) is 58.6 Å². The van der Waals surface area contributed by atoms with Crippen LogP contribution in [0, 0.1) is 0 Å². The van der Waals surface area contributed by atoms with Gasteiger partial charge in [0.2, 0.25) is 5.91 Å². The maximum Gasteiger partial charge on any atom is 0.302 e. The largest absolute Gasteiger partial charge is 0.431 e. The topological polar surface area (TPSA) is 113 Å². The summed E-state index contributed by atoms with van der Waals surface area (Å²) in [5.74, 6) is -1.08. The first-order valence-corrected chi connectivity index (χ1v) is 8.38. The number of nitrogens with one attached hydrogen (secondary N) is 3. The van der Waals surface area contributed by atoms with Crippen LogP contribution in [0.1, 0.15) is 27.1 Å². The predicted molar refractivity (Wildman–Crippen MR) is 97.5 cm³/mol. The number of rotatable bonds is 5. The minimum atomic E-state index is -0.509. The van der Waals surface area contributed by atoms with Gasteiger partial charge < -0.3 is 15.1 Å². The van der Waals surface area contributed by atoms with Gasteiger partial charge in [-0.15, -0.1) is 11.3 Å². The minimum absolute atomic E-state index is 0.0106. The Morgan fingerprint density at radius 2 is 1.77 bits per heavy atom. The zero-order valence-corrected chi connectivity index (χ0v) is 14.4. The summed E-state index contributed by atoms with van der Waals surface area (Å²) in [7, 11) is 0. The number of aromatic nitrogens is 1. The standard InChI is InChI=1S/C17H14N4O4S/c1-10(22)18-11-4-2-5-12(8-11)19-15(23)13-9-25-17(20-13)21-16(24)14-6-3-7-26-14/h2-9H,1H3,(H,18,22)(H,19,23)(H,20,21,24). The fourth-order valence-corrected chi connectivity index (χ4v) is 2.69. The average Bonchev–Trinajstić information content (AvgIpc) is 3.26. The van der Waals surface area contributed by atoms with Crippen LogP contribution in [-0.4, -0.2) is 22.7 Å². The number of amides is 3. The van der Waals surface area contributed by atoms with Crippen molar-refractivity contribution in [2.45, 2.75) is 6.92 Å². The molecule has 0 aliphatic heterocycles. The number of hydrogen-bond acceptors (Lipinski definition) is 6. The lowest BCUT2D eigenvalue weighted by molar-refractivity contribution is -0.114. The molecule has 3 rings (SSSR count). The van der Waals surface area contributed by atoms with Crippen molar-refractivity contribution in [3.63, 3.8) is 0 Å². The third-order valence-corrected chi connectivity index (χ3v) is 4.01. The Kier molecular flexibility index (Phi) is 5.09. The Bertz CT molecular complexity index is 949. The van der Waals surface area contributed by atoms with Gasteiger partial charge in [0.05, 0.1) is 4.88 Å². The molecule has 0 bridgehead atoms. The molecule has 3 amide bonds. The van der Waals surface area contributed by atoms with Crippen molar-refractivity contribution in [2.75, 3.05) is 16.0 Å². The molecule has 9 heteroatoms. The summed E-state index contributed by atoms with van der Waals surface area (Å²) in [4.78, 5) is 39.7. The molecular formula is C17H14N4O4S. The second kappa shape index (κ2) is 7.62. The molecule has 0 aliphatic rings. The number of oxazole rings is 1. The van der Waals surface area contributed by atoms with Crippen LogP contribution in [0.5, 0.6) is 0 Å². The zero-order chi connectivity index (χ0) is 18.5. The first-order chi connectivity index (χ1) is 12.5. The fourth-order valence-electron chi connectivity index (χ4n) is 2.08. The molecule has 3 N–H and O–H groups in total. The first-order valence-electron chi connectivity index (χ1n) is 7.50. The van der Waals surface area contributed by atoms with Gasteiger partial charge in [-0.3, -0.25) is 19.7 Å². The molecule has 1 aromatic carbocycles. The van der Waals surface area contributed by atoms with Crippen molar-refractivity contribution in [3.8, 4) is 0 Å². The van der Waals surface area contributed by atoms with E-state index in [1.165, 1.54) is 18.3 Å². The molecular weight excluding hydrogens is 356 g/mol. The number of carbonyl (C=O) groups excluding carboxylic acids is 3. The van der Waals surface area contributed by atoms with E-state index in [1.54, 1.807) is 41.8 Å². The van der Waals surface area contributed by atoms with Gasteiger partial charge in [0, 0.05) is 18.3 Å². The zero-order valence-electron chi connectivity index (χ0n) is 13.6. The van der Waals surface area contributed by atoms with Crippen LogP contribution in [0.25, 0.3) is 0 Å². The van der Waals surface area contributed by atoms with E-state index in [0.29, 0.717) is 16.3 Å². The predicted octanol–water partition coefficient (Wildman–Crippen LogP) is 3.20. The lowest BCUT2D eigenvalue weighted by atomic mass is 10.2. The molecule has 3 aromatic rings. The number of carbonyl (C=O) groups is 3. The van der Waals surface area contributed by atoms with Gasteiger partial charge in [-0.1, -0.05) is 12.1 Å². The van der Waals surface area contributed by atoms with E-state index in [1.807, 2.05) is 0 Å².